The van der Waals surface area contributed by atoms with E-state index in [1.165, 1.54) is 11.3 Å². The van der Waals surface area contributed by atoms with Crippen LogP contribution >= 0.6 is 46.1 Å². The Morgan fingerprint density at radius 1 is 1.17 bits per heavy atom. The van der Waals surface area contributed by atoms with E-state index in [0.29, 0.717) is 32.0 Å². The lowest BCUT2D eigenvalue weighted by Crippen LogP contribution is -2.16. The van der Waals surface area contributed by atoms with Crippen LogP contribution in [-0.2, 0) is 6.54 Å². The number of hydrogen-bond acceptors (Lipinski definition) is 2. The molecule has 0 spiro atoms. The van der Waals surface area contributed by atoms with Crippen molar-refractivity contribution in [3.8, 4) is 0 Å². The van der Waals surface area contributed by atoms with Crippen LogP contribution in [-0.4, -0.2) is 10.5 Å². The van der Waals surface area contributed by atoms with Crippen molar-refractivity contribution < 1.29 is 4.79 Å². The molecule has 0 aliphatic rings. The number of hydrogen-bond donors (Lipinski definition) is 0. The third-order valence-corrected chi connectivity index (χ3v) is 5.51. The van der Waals surface area contributed by atoms with E-state index in [4.69, 9.17) is 34.8 Å². The van der Waals surface area contributed by atoms with Crippen LogP contribution < -0.4 is 4.80 Å². The Bertz CT molecular complexity index is 1020. The molecule has 0 aliphatic heterocycles. The number of carbonyl (C=O) groups is 1. The molecular weight excluding hydrogens is 387 g/mol. The third kappa shape index (κ3) is 3.15. The first-order chi connectivity index (χ1) is 11.5. The van der Waals surface area contributed by atoms with Crippen molar-refractivity contribution in [1.29, 1.82) is 0 Å². The number of benzene rings is 2. The molecule has 24 heavy (non-hydrogen) atoms. The topological polar surface area (TPSA) is 34.4 Å². The Balaban J connectivity index is 2.24. The van der Waals surface area contributed by atoms with E-state index < -0.39 is 5.91 Å². The lowest BCUT2D eigenvalue weighted by atomic mass is 10.2. The second-order valence-electron chi connectivity index (χ2n) is 4.89. The van der Waals surface area contributed by atoms with Gasteiger partial charge in [-0.25, -0.2) is 0 Å². The molecule has 2 aromatic carbocycles. The molecule has 0 saturated carbocycles. The van der Waals surface area contributed by atoms with Gasteiger partial charge in [0.25, 0.3) is 5.91 Å². The minimum atomic E-state index is -0.410. The van der Waals surface area contributed by atoms with Gasteiger partial charge in [0.15, 0.2) is 4.80 Å². The van der Waals surface area contributed by atoms with Crippen molar-refractivity contribution in [2.45, 2.75) is 6.54 Å². The van der Waals surface area contributed by atoms with Crippen LogP contribution in [0.25, 0.3) is 10.2 Å². The summed E-state index contributed by atoms with van der Waals surface area (Å²) in [6, 6.07) is 10.4. The quantitative estimate of drug-likeness (QED) is 0.530. The van der Waals surface area contributed by atoms with E-state index in [1.807, 2.05) is 10.6 Å². The molecule has 0 bridgehead atoms. The highest BCUT2D eigenvalue weighted by Gasteiger charge is 2.14. The first-order valence-electron chi connectivity index (χ1n) is 6.94. The lowest BCUT2D eigenvalue weighted by Gasteiger charge is -2.04. The van der Waals surface area contributed by atoms with Crippen LogP contribution in [0.3, 0.4) is 0 Å². The summed E-state index contributed by atoms with van der Waals surface area (Å²) >= 11 is 19.9. The van der Waals surface area contributed by atoms with Gasteiger partial charge in [0.05, 0.1) is 30.8 Å². The molecular formula is C17H11Cl3N2OS. The van der Waals surface area contributed by atoms with Crippen molar-refractivity contribution in [3.63, 3.8) is 0 Å². The monoisotopic (exact) mass is 396 g/mol. The number of rotatable bonds is 3. The van der Waals surface area contributed by atoms with E-state index >= 15 is 0 Å². The van der Waals surface area contributed by atoms with Gasteiger partial charge in [-0.15, -0.1) is 6.58 Å². The molecule has 122 valence electrons. The molecule has 0 radical (unpaired) electrons. The summed E-state index contributed by atoms with van der Waals surface area (Å²) in [7, 11) is 0. The summed E-state index contributed by atoms with van der Waals surface area (Å²) in [5, 5.41) is 1.24. The Hall–Kier alpha value is -1.59. The van der Waals surface area contributed by atoms with Gasteiger partial charge in [0.2, 0.25) is 0 Å². The summed E-state index contributed by atoms with van der Waals surface area (Å²) < 4.78 is 2.70. The van der Waals surface area contributed by atoms with Gasteiger partial charge in [0.1, 0.15) is 0 Å². The molecule has 1 amide bonds. The van der Waals surface area contributed by atoms with Gasteiger partial charge < -0.3 is 4.57 Å². The maximum atomic E-state index is 12.5. The zero-order valence-electron chi connectivity index (χ0n) is 12.3. The van der Waals surface area contributed by atoms with E-state index in [1.54, 1.807) is 36.4 Å². The fourth-order valence-corrected chi connectivity index (χ4v) is 4.01. The first-order valence-corrected chi connectivity index (χ1v) is 8.89. The zero-order chi connectivity index (χ0) is 17.3. The molecule has 1 heterocycles. The van der Waals surface area contributed by atoms with Crippen LogP contribution in [0.15, 0.2) is 54.0 Å². The van der Waals surface area contributed by atoms with Crippen LogP contribution in [0.2, 0.25) is 15.1 Å². The number of amides is 1. The zero-order valence-corrected chi connectivity index (χ0v) is 15.4. The number of halogens is 3. The van der Waals surface area contributed by atoms with E-state index in [-0.39, 0.29) is 0 Å². The second-order valence-corrected chi connectivity index (χ2v) is 7.09. The van der Waals surface area contributed by atoms with Crippen LogP contribution in [0, 0.1) is 0 Å². The van der Waals surface area contributed by atoms with E-state index in [2.05, 4.69) is 11.6 Å². The molecule has 0 fully saturated rings. The molecule has 0 N–H and O–H groups in total. The van der Waals surface area contributed by atoms with Gasteiger partial charge in [0, 0.05) is 6.54 Å². The lowest BCUT2D eigenvalue weighted by molar-refractivity contribution is 0.0998. The van der Waals surface area contributed by atoms with Crippen molar-refractivity contribution in [3.05, 3.63) is 74.5 Å². The molecule has 0 aliphatic carbocycles. The molecule has 0 atom stereocenters. The summed E-state index contributed by atoms with van der Waals surface area (Å²) in [4.78, 5) is 17.2. The maximum Gasteiger partial charge on any atom is 0.281 e. The number of nitrogens with zero attached hydrogens (tertiary/aromatic N) is 2. The van der Waals surface area contributed by atoms with Crippen LogP contribution in [0.4, 0.5) is 0 Å². The highest BCUT2D eigenvalue weighted by molar-refractivity contribution is 7.16. The average molecular weight is 398 g/mol. The van der Waals surface area contributed by atoms with E-state index in [9.17, 15) is 4.79 Å². The molecule has 1 aromatic heterocycles. The highest BCUT2D eigenvalue weighted by Crippen LogP contribution is 2.32. The maximum absolute atomic E-state index is 12.5. The minimum Gasteiger partial charge on any atom is -0.311 e. The Labute approximate surface area is 157 Å². The predicted molar refractivity (Wildman–Crippen MR) is 101 cm³/mol. The fourth-order valence-electron chi connectivity index (χ4n) is 2.27. The Morgan fingerprint density at radius 2 is 1.92 bits per heavy atom. The highest BCUT2D eigenvalue weighted by atomic mass is 35.5. The number of aromatic nitrogens is 1. The molecule has 7 heteroatoms. The molecule has 3 nitrogen and oxygen atoms in total. The largest absolute Gasteiger partial charge is 0.311 e. The molecule has 3 aromatic rings. The van der Waals surface area contributed by atoms with Crippen molar-refractivity contribution >= 4 is 62.3 Å². The number of thiazole rings is 1. The predicted octanol–water partition coefficient (Wildman–Crippen LogP) is 5.59. The summed E-state index contributed by atoms with van der Waals surface area (Å²) in [5.74, 6) is -0.410. The van der Waals surface area contributed by atoms with E-state index in [0.717, 1.165) is 10.2 Å². The van der Waals surface area contributed by atoms with Crippen molar-refractivity contribution in [2.24, 2.45) is 4.99 Å². The van der Waals surface area contributed by atoms with Crippen LogP contribution in [0.1, 0.15) is 10.4 Å². The van der Waals surface area contributed by atoms with Gasteiger partial charge in [-0.1, -0.05) is 64.3 Å². The Morgan fingerprint density at radius 3 is 2.62 bits per heavy atom. The minimum absolute atomic E-state index is 0.353. The normalized spacial score (nSPS) is 11.9. The first kappa shape index (κ1) is 17.2. The SMILES string of the molecule is C=CCn1c(=NC(=O)c2ccccc2Cl)sc2ccc(Cl)c(Cl)c21. The number of allylic oxidation sites excluding steroid dienone is 1. The second kappa shape index (κ2) is 7.11. The summed E-state index contributed by atoms with van der Waals surface area (Å²) in [6.45, 7) is 4.20. The summed E-state index contributed by atoms with van der Waals surface area (Å²) in [6.07, 6.45) is 1.71. The van der Waals surface area contributed by atoms with Crippen molar-refractivity contribution in [2.75, 3.05) is 0 Å². The van der Waals surface area contributed by atoms with Gasteiger partial charge >= 0.3 is 0 Å². The third-order valence-electron chi connectivity index (χ3n) is 3.35. The van der Waals surface area contributed by atoms with Gasteiger partial charge in [-0.2, -0.15) is 4.99 Å². The number of carbonyl (C=O) groups excluding carboxylic acids is 1. The average Bonchev–Trinajstić information content (AvgIpc) is 2.90. The molecule has 0 saturated heterocycles. The summed E-state index contributed by atoms with van der Waals surface area (Å²) in [5.41, 5.74) is 1.09. The molecule has 3 rings (SSSR count). The van der Waals surface area contributed by atoms with Crippen LogP contribution in [0.5, 0.6) is 0 Å². The van der Waals surface area contributed by atoms with Crippen molar-refractivity contribution in [1.82, 2.24) is 4.57 Å². The smallest absolute Gasteiger partial charge is 0.281 e. The number of fused-ring (bicyclic) bond motifs is 1. The van der Waals surface area contributed by atoms with Gasteiger partial charge in [-0.05, 0) is 24.3 Å². The fraction of sp³-hybridized carbons (Fsp3) is 0.0588. The Kier molecular flexibility index (Phi) is 5.11. The standard InChI is InChI=1S/C17H11Cl3N2OS/c1-2-9-22-15-13(8-7-12(19)14(15)20)24-17(22)21-16(23)10-5-3-4-6-11(10)18/h2-8H,1,9H2. The molecule has 0 unspecified atom stereocenters. The van der Waals surface area contributed by atoms with Gasteiger partial charge in [-0.3, -0.25) is 4.79 Å².